The smallest absolute Gasteiger partial charge is 0.161 e. The molecule has 142 valence electrons. The Morgan fingerprint density at radius 2 is 1.85 bits per heavy atom. The van der Waals surface area contributed by atoms with Gasteiger partial charge < -0.3 is 19.6 Å². The van der Waals surface area contributed by atoms with Gasteiger partial charge in [-0.05, 0) is 29.8 Å². The zero-order chi connectivity index (χ0) is 19.4. The van der Waals surface area contributed by atoms with Gasteiger partial charge in [-0.1, -0.05) is 28.1 Å². The topological polar surface area (TPSA) is 63.2 Å². The molecule has 7 heteroatoms. The first-order valence-corrected chi connectivity index (χ1v) is 9.39. The SMILES string of the molecule is CNc1ccc(C2=NN(C(C=O)c3cc(OC)c(OC)cc3Br)CC2)cc1. The van der Waals surface area contributed by atoms with Gasteiger partial charge in [0.15, 0.2) is 11.5 Å². The van der Waals surface area contributed by atoms with E-state index in [1.807, 2.05) is 48.5 Å². The Balaban J connectivity index is 1.90. The van der Waals surface area contributed by atoms with Gasteiger partial charge in [-0.25, -0.2) is 0 Å². The second kappa shape index (κ2) is 8.43. The lowest BCUT2D eigenvalue weighted by Crippen LogP contribution is -2.23. The molecule has 0 aliphatic carbocycles. The fourth-order valence-corrected chi connectivity index (χ4v) is 3.67. The predicted molar refractivity (Wildman–Crippen MR) is 110 cm³/mol. The minimum absolute atomic E-state index is 0.506. The average Bonchev–Trinajstić information content (AvgIpc) is 3.19. The van der Waals surface area contributed by atoms with Crippen molar-refractivity contribution in [2.75, 3.05) is 33.1 Å². The first kappa shape index (κ1) is 19.2. The van der Waals surface area contributed by atoms with Crippen LogP contribution in [0.4, 0.5) is 5.69 Å². The van der Waals surface area contributed by atoms with E-state index in [9.17, 15) is 4.79 Å². The number of benzene rings is 2. The largest absolute Gasteiger partial charge is 0.493 e. The Morgan fingerprint density at radius 1 is 1.19 bits per heavy atom. The molecule has 0 saturated carbocycles. The molecule has 0 radical (unpaired) electrons. The number of hydrogen-bond donors (Lipinski definition) is 1. The van der Waals surface area contributed by atoms with Gasteiger partial charge in [0.2, 0.25) is 0 Å². The standard InChI is InChI=1S/C20H22BrN3O3/c1-22-14-6-4-13(5-7-14)17-8-9-24(23-17)18(12-25)15-10-19(26-2)20(27-3)11-16(15)21/h4-7,10-12,18,22H,8-9H2,1-3H3. The van der Waals surface area contributed by atoms with E-state index < -0.39 is 6.04 Å². The maximum atomic E-state index is 11.9. The van der Waals surface area contributed by atoms with Gasteiger partial charge >= 0.3 is 0 Å². The average molecular weight is 432 g/mol. The number of hydrazone groups is 1. The van der Waals surface area contributed by atoms with Gasteiger partial charge in [-0.2, -0.15) is 5.10 Å². The normalized spacial score (nSPS) is 14.5. The van der Waals surface area contributed by atoms with Crippen molar-refractivity contribution < 1.29 is 14.3 Å². The highest BCUT2D eigenvalue weighted by Crippen LogP contribution is 2.38. The molecule has 0 fully saturated rings. The van der Waals surface area contributed by atoms with E-state index in [-0.39, 0.29) is 0 Å². The predicted octanol–water partition coefficient (Wildman–Crippen LogP) is 3.86. The molecule has 27 heavy (non-hydrogen) atoms. The van der Waals surface area contributed by atoms with Crippen LogP contribution in [0.25, 0.3) is 0 Å². The molecule has 0 saturated heterocycles. The van der Waals surface area contributed by atoms with Crippen molar-refractivity contribution in [2.45, 2.75) is 12.5 Å². The summed E-state index contributed by atoms with van der Waals surface area (Å²) in [5.74, 6) is 1.18. The molecule has 1 aliphatic heterocycles. The molecule has 1 N–H and O–H groups in total. The first-order chi connectivity index (χ1) is 13.1. The third-order valence-corrected chi connectivity index (χ3v) is 5.29. The molecule has 2 aromatic rings. The number of halogens is 1. The van der Waals surface area contributed by atoms with Crippen molar-refractivity contribution >= 4 is 33.6 Å². The molecule has 1 aliphatic rings. The number of methoxy groups -OCH3 is 2. The Labute approximate surface area is 167 Å². The van der Waals surface area contributed by atoms with Crippen molar-refractivity contribution in [3.8, 4) is 11.5 Å². The van der Waals surface area contributed by atoms with Crippen molar-refractivity contribution in [2.24, 2.45) is 5.10 Å². The summed E-state index contributed by atoms with van der Waals surface area (Å²) in [5.41, 5.74) is 3.88. The van der Waals surface area contributed by atoms with Gasteiger partial charge in [0.25, 0.3) is 0 Å². The zero-order valence-electron chi connectivity index (χ0n) is 15.5. The highest BCUT2D eigenvalue weighted by Gasteiger charge is 2.27. The van der Waals surface area contributed by atoms with Crippen molar-refractivity contribution in [3.63, 3.8) is 0 Å². The van der Waals surface area contributed by atoms with E-state index in [0.29, 0.717) is 18.0 Å². The summed E-state index contributed by atoms with van der Waals surface area (Å²) >= 11 is 3.54. The Hall–Kier alpha value is -2.54. The molecule has 3 rings (SSSR count). The summed E-state index contributed by atoms with van der Waals surface area (Å²) in [7, 11) is 5.05. The molecule has 1 heterocycles. The minimum Gasteiger partial charge on any atom is -0.493 e. The van der Waals surface area contributed by atoms with Crippen LogP contribution in [0.1, 0.15) is 23.6 Å². The Bertz CT molecular complexity index is 852. The lowest BCUT2D eigenvalue weighted by molar-refractivity contribution is -0.112. The highest BCUT2D eigenvalue weighted by molar-refractivity contribution is 9.10. The molecular weight excluding hydrogens is 410 g/mol. The number of rotatable bonds is 7. The van der Waals surface area contributed by atoms with Crippen LogP contribution in [-0.2, 0) is 4.79 Å². The van der Waals surface area contributed by atoms with Crippen LogP contribution >= 0.6 is 15.9 Å². The fraction of sp³-hybridized carbons (Fsp3) is 0.300. The van der Waals surface area contributed by atoms with Crippen molar-refractivity contribution in [1.29, 1.82) is 0 Å². The molecule has 6 nitrogen and oxygen atoms in total. The number of anilines is 1. The molecule has 0 aromatic heterocycles. The van der Waals surface area contributed by atoms with Crippen molar-refractivity contribution in [3.05, 3.63) is 52.0 Å². The molecule has 1 atom stereocenters. The van der Waals surface area contributed by atoms with E-state index in [1.165, 1.54) is 0 Å². The highest BCUT2D eigenvalue weighted by atomic mass is 79.9. The van der Waals surface area contributed by atoms with Crippen LogP contribution in [0, 0.1) is 0 Å². The Kier molecular flexibility index (Phi) is 6.01. The number of nitrogens with zero attached hydrogens (tertiary/aromatic N) is 2. The molecular formula is C20H22BrN3O3. The van der Waals surface area contributed by atoms with Gasteiger partial charge in [0.05, 0.1) is 19.9 Å². The number of aldehydes is 1. The van der Waals surface area contributed by atoms with Crippen LogP contribution in [0.15, 0.2) is 46.0 Å². The van der Waals surface area contributed by atoms with Crippen LogP contribution in [0.3, 0.4) is 0 Å². The Morgan fingerprint density at radius 3 is 2.44 bits per heavy atom. The summed E-state index contributed by atoms with van der Waals surface area (Å²) in [6.45, 7) is 0.674. The van der Waals surface area contributed by atoms with E-state index in [2.05, 4.69) is 21.2 Å². The summed E-state index contributed by atoms with van der Waals surface area (Å²) in [6.07, 6.45) is 1.69. The third-order valence-electron chi connectivity index (χ3n) is 4.61. The summed E-state index contributed by atoms with van der Waals surface area (Å²) < 4.78 is 11.5. The van der Waals surface area contributed by atoms with Gasteiger partial charge in [-0.3, -0.25) is 5.01 Å². The van der Waals surface area contributed by atoms with Crippen LogP contribution in [0.5, 0.6) is 11.5 Å². The molecule has 0 spiro atoms. The third kappa shape index (κ3) is 3.93. The summed E-state index contributed by atoms with van der Waals surface area (Å²) in [6, 6.07) is 11.2. The number of ether oxygens (including phenoxy) is 2. The molecule has 0 bridgehead atoms. The minimum atomic E-state index is -0.506. The van der Waals surface area contributed by atoms with Crippen LogP contribution < -0.4 is 14.8 Å². The van der Waals surface area contributed by atoms with Crippen molar-refractivity contribution in [1.82, 2.24) is 5.01 Å². The fourth-order valence-electron chi connectivity index (χ4n) is 3.11. The van der Waals surface area contributed by atoms with E-state index in [0.717, 1.165) is 39.7 Å². The quantitative estimate of drug-likeness (QED) is 0.674. The molecule has 2 aromatic carbocycles. The van der Waals surface area contributed by atoms with Crippen LogP contribution in [0.2, 0.25) is 0 Å². The van der Waals surface area contributed by atoms with Crippen LogP contribution in [-0.4, -0.2) is 44.8 Å². The second-order valence-electron chi connectivity index (χ2n) is 6.10. The summed E-state index contributed by atoms with van der Waals surface area (Å²) in [5, 5.41) is 9.63. The second-order valence-corrected chi connectivity index (χ2v) is 6.95. The van der Waals surface area contributed by atoms with E-state index in [4.69, 9.17) is 14.6 Å². The maximum absolute atomic E-state index is 11.9. The van der Waals surface area contributed by atoms with Gasteiger partial charge in [0, 0.05) is 35.7 Å². The van der Waals surface area contributed by atoms with Gasteiger partial charge in [0.1, 0.15) is 12.3 Å². The number of nitrogens with one attached hydrogen (secondary N) is 1. The lowest BCUT2D eigenvalue weighted by Gasteiger charge is -2.23. The summed E-state index contributed by atoms with van der Waals surface area (Å²) in [4.78, 5) is 11.9. The first-order valence-electron chi connectivity index (χ1n) is 8.60. The van der Waals surface area contributed by atoms with Gasteiger partial charge in [-0.15, -0.1) is 0 Å². The van der Waals surface area contributed by atoms with E-state index >= 15 is 0 Å². The number of carbonyl (C=O) groups excluding carboxylic acids is 1. The molecule has 0 amide bonds. The number of carbonyl (C=O) groups is 1. The zero-order valence-corrected chi connectivity index (χ0v) is 17.1. The monoisotopic (exact) mass is 431 g/mol. The maximum Gasteiger partial charge on any atom is 0.161 e. The number of hydrogen-bond acceptors (Lipinski definition) is 6. The lowest BCUT2D eigenvalue weighted by atomic mass is 10.1. The molecule has 1 unspecified atom stereocenters. The van der Waals surface area contributed by atoms with E-state index in [1.54, 1.807) is 14.2 Å².